The van der Waals surface area contributed by atoms with Gasteiger partial charge in [0.15, 0.2) is 16.6 Å². The lowest BCUT2D eigenvalue weighted by atomic mass is 10.5. The van der Waals surface area contributed by atoms with E-state index in [1.165, 1.54) is 11.5 Å². The summed E-state index contributed by atoms with van der Waals surface area (Å²) < 4.78 is 16.3. The Balaban J connectivity index is 2.06. The summed E-state index contributed by atoms with van der Waals surface area (Å²) in [6.45, 7) is 3.79. The smallest absolute Gasteiger partial charge is 0.197 e. The zero-order valence-electron chi connectivity index (χ0n) is 10.9. The van der Waals surface area contributed by atoms with Crippen molar-refractivity contribution in [3.63, 3.8) is 0 Å². The minimum absolute atomic E-state index is 0.404. The van der Waals surface area contributed by atoms with Gasteiger partial charge < -0.3 is 20.5 Å². The van der Waals surface area contributed by atoms with Gasteiger partial charge in [0, 0.05) is 13.3 Å². The molecule has 2 aromatic rings. The van der Waals surface area contributed by atoms with Gasteiger partial charge in [0.1, 0.15) is 0 Å². The number of anilines is 3. The van der Waals surface area contributed by atoms with Gasteiger partial charge in [0.25, 0.3) is 0 Å². The van der Waals surface area contributed by atoms with Crippen LogP contribution in [0.4, 0.5) is 16.5 Å². The van der Waals surface area contributed by atoms with E-state index in [-0.39, 0.29) is 0 Å². The van der Waals surface area contributed by atoms with Gasteiger partial charge in [-0.25, -0.2) is 0 Å². The van der Waals surface area contributed by atoms with Gasteiger partial charge in [0.2, 0.25) is 0 Å². The van der Waals surface area contributed by atoms with Crippen molar-refractivity contribution in [2.75, 3.05) is 31.4 Å². The van der Waals surface area contributed by atoms with E-state index in [9.17, 15) is 0 Å². The molecule has 2 rings (SSSR count). The quantitative estimate of drug-likeness (QED) is 0.804. The molecule has 0 aliphatic heterocycles. The Bertz CT molecular complexity index is 525. The summed E-state index contributed by atoms with van der Waals surface area (Å²) in [5.41, 5.74) is 6.61. The Hall–Kier alpha value is -1.80. The fourth-order valence-corrected chi connectivity index (χ4v) is 2.21. The van der Waals surface area contributed by atoms with Crippen LogP contribution in [0.15, 0.2) is 12.4 Å². The van der Waals surface area contributed by atoms with Crippen LogP contribution in [0.25, 0.3) is 0 Å². The number of rotatable bonds is 7. The van der Waals surface area contributed by atoms with Crippen molar-refractivity contribution in [3.05, 3.63) is 12.4 Å². The van der Waals surface area contributed by atoms with Crippen LogP contribution < -0.4 is 15.8 Å². The zero-order chi connectivity index (χ0) is 13.7. The molecule has 0 amide bonds. The molecule has 8 heteroatoms. The third-order valence-corrected chi connectivity index (χ3v) is 3.14. The van der Waals surface area contributed by atoms with Crippen LogP contribution in [0, 0.1) is 0 Å². The maximum Gasteiger partial charge on any atom is 0.197 e. The number of nitrogens with two attached hydrogens (primary N) is 1. The summed E-state index contributed by atoms with van der Waals surface area (Å²) in [7, 11) is 1.66. The SMILES string of the molecule is CCOc1c(N)nsc1Nc1cnn(CCOC)c1. The summed E-state index contributed by atoms with van der Waals surface area (Å²) in [4.78, 5) is 0. The number of nitrogen functional groups attached to an aromatic ring is 1. The number of hydrogen-bond acceptors (Lipinski definition) is 7. The zero-order valence-corrected chi connectivity index (χ0v) is 11.7. The first kappa shape index (κ1) is 13.6. The highest BCUT2D eigenvalue weighted by molar-refractivity contribution is 7.11. The molecule has 2 heterocycles. The minimum Gasteiger partial charge on any atom is -0.487 e. The number of methoxy groups -OCH3 is 1. The molecule has 0 spiro atoms. The average molecular weight is 283 g/mol. The minimum atomic E-state index is 0.404. The number of nitrogens with one attached hydrogen (secondary N) is 1. The topological polar surface area (TPSA) is 87.2 Å². The van der Waals surface area contributed by atoms with E-state index in [0.29, 0.717) is 31.3 Å². The maximum atomic E-state index is 5.75. The fraction of sp³-hybridized carbons (Fsp3) is 0.455. The van der Waals surface area contributed by atoms with Crippen molar-refractivity contribution in [1.82, 2.24) is 14.2 Å². The van der Waals surface area contributed by atoms with E-state index >= 15 is 0 Å². The predicted molar refractivity (Wildman–Crippen MR) is 75.1 cm³/mol. The standard InChI is InChI=1S/C11H17N5O2S/c1-3-18-9-10(12)15-19-11(9)14-8-6-13-16(7-8)4-5-17-2/h6-7,14H,3-5H2,1-2H3,(H2,12,15). The van der Waals surface area contributed by atoms with Crippen LogP contribution in [-0.4, -0.2) is 34.5 Å². The molecule has 19 heavy (non-hydrogen) atoms. The van der Waals surface area contributed by atoms with Gasteiger partial charge in [-0.3, -0.25) is 4.68 Å². The molecule has 0 saturated heterocycles. The van der Waals surface area contributed by atoms with Gasteiger partial charge in [-0.2, -0.15) is 9.47 Å². The molecule has 0 atom stereocenters. The third kappa shape index (κ3) is 3.36. The first-order chi connectivity index (χ1) is 9.24. The van der Waals surface area contributed by atoms with Crippen molar-refractivity contribution < 1.29 is 9.47 Å². The first-order valence-corrected chi connectivity index (χ1v) is 6.68. The molecule has 7 nitrogen and oxygen atoms in total. The van der Waals surface area contributed by atoms with Crippen molar-refractivity contribution in [3.8, 4) is 5.75 Å². The van der Waals surface area contributed by atoms with Crippen LogP contribution in [0.3, 0.4) is 0 Å². The molecule has 3 N–H and O–H groups in total. The number of hydrogen-bond donors (Lipinski definition) is 2. The average Bonchev–Trinajstić information content (AvgIpc) is 2.98. The normalized spacial score (nSPS) is 10.6. The second kappa shape index (κ2) is 6.39. The predicted octanol–water partition coefficient (Wildman–Crippen LogP) is 1.71. The molecule has 0 radical (unpaired) electrons. The summed E-state index contributed by atoms with van der Waals surface area (Å²) in [6.07, 6.45) is 3.63. The number of aromatic nitrogens is 3. The highest BCUT2D eigenvalue weighted by atomic mass is 32.1. The van der Waals surface area contributed by atoms with Crippen LogP contribution in [0.5, 0.6) is 5.75 Å². The molecule has 0 fully saturated rings. The van der Waals surface area contributed by atoms with E-state index in [1.54, 1.807) is 18.0 Å². The van der Waals surface area contributed by atoms with Crippen LogP contribution >= 0.6 is 11.5 Å². The van der Waals surface area contributed by atoms with Crippen LogP contribution in [0.1, 0.15) is 6.92 Å². The van der Waals surface area contributed by atoms with Gasteiger partial charge in [-0.15, -0.1) is 0 Å². The van der Waals surface area contributed by atoms with Gasteiger partial charge in [-0.1, -0.05) is 0 Å². The second-order valence-electron chi connectivity index (χ2n) is 3.77. The molecule has 0 aromatic carbocycles. The van der Waals surface area contributed by atoms with E-state index in [0.717, 1.165) is 10.7 Å². The van der Waals surface area contributed by atoms with E-state index in [2.05, 4.69) is 14.8 Å². The number of ether oxygens (including phenoxy) is 2. The summed E-state index contributed by atoms with van der Waals surface area (Å²) in [6, 6.07) is 0. The van der Waals surface area contributed by atoms with Crippen LogP contribution in [-0.2, 0) is 11.3 Å². The second-order valence-corrected chi connectivity index (χ2v) is 4.54. The molecule has 2 aromatic heterocycles. The molecule has 0 bridgehead atoms. The Morgan fingerprint density at radius 2 is 2.37 bits per heavy atom. The summed E-state index contributed by atoms with van der Waals surface area (Å²) in [5, 5.41) is 8.20. The number of nitrogens with zero attached hydrogens (tertiary/aromatic N) is 3. The fourth-order valence-electron chi connectivity index (χ4n) is 1.52. The highest BCUT2D eigenvalue weighted by Crippen LogP contribution is 2.36. The van der Waals surface area contributed by atoms with E-state index in [4.69, 9.17) is 15.2 Å². The lowest BCUT2D eigenvalue weighted by Crippen LogP contribution is -2.03. The van der Waals surface area contributed by atoms with Crippen molar-refractivity contribution in [1.29, 1.82) is 0 Å². The van der Waals surface area contributed by atoms with Gasteiger partial charge in [0.05, 0.1) is 31.6 Å². The maximum absolute atomic E-state index is 5.75. The largest absolute Gasteiger partial charge is 0.487 e. The Kier molecular flexibility index (Phi) is 4.58. The summed E-state index contributed by atoms with van der Waals surface area (Å²) in [5.74, 6) is 0.998. The lowest BCUT2D eigenvalue weighted by molar-refractivity contribution is 0.183. The monoisotopic (exact) mass is 283 g/mol. The Labute approximate surface area is 115 Å². The van der Waals surface area contributed by atoms with E-state index < -0.39 is 0 Å². The van der Waals surface area contributed by atoms with Gasteiger partial charge in [-0.05, 0) is 18.5 Å². The van der Waals surface area contributed by atoms with Crippen LogP contribution in [0.2, 0.25) is 0 Å². The highest BCUT2D eigenvalue weighted by Gasteiger charge is 2.13. The molecule has 104 valence electrons. The van der Waals surface area contributed by atoms with Gasteiger partial charge >= 0.3 is 0 Å². The van der Waals surface area contributed by atoms with Crippen molar-refractivity contribution >= 4 is 28.0 Å². The van der Waals surface area contributed by atoms with Crippen molar-refractivity contribution in [2.24, 2.45) is 0 Å². The molecular formula is C11H17N5O2S. The Morgan fingerprint density at radius 3 is 3.11 bits per heavy atom. The summed E-state index contributed by atoms with van der Waals surface area (Å²) >= 11 is 1.27. The molecule has 0 aliphatic rings. The Morgan fingerprint density at radius 1 is 1.53 bits per heavy atom. The third-order valence-electron chi connectivity index (χ3n) is 2.38. The van der Waals surface area contributed by atoms with Crippen molar-refractivity contribution in [2.45, 2.75) is 13.5 Å². The molecular weight excluding hydrogens is 266 g/mol. The first-order valence-electron chi connectivity index (χ1n) is 5.91. The molecule has 0 unspecified atom stereocenters. The molecule has 0 aliphatic carbocycles. The lowest BCUT2D eigenvalue weighted by Gasteiger charge is -2.05. The molecule has 0 saturated carbocycles. The van der Waals surface area contributed by atoms with E-state index in [1.807, 2.05) is 13.1 Å².